The van der Waals surface area contributed by atoms with E-state index >= 15 is 0 Å². The molecule has 2 aromatic heterocycles. The predicted octanol–water partition coefficient (Wildman–Crippen LogP) is 3.98. The molecule has 0 saturated carbocycles. The quantitative estimate of drug-likeness (QED) is 0.609. The first kappa shape index (κ1) is 20.4. The fraction of sp³-hybridized carbons (Fsp3) is 0.632. The molecule has 0 aliphatic carbocycles. The zero-order chi connectivity index (χ0) is 19.4. The number of hydrogen-bond donors (Lipinski definition) is 2. The van der Waals surface area contributed by atoms with Crippen molar-refractivity contribution in [1.82, 2.24) is 20.6 Å². The molecular weight excluding hydrogens is 346 g/mol. The molecule has 0 spiro atoms. The number of aromatic nitrogens is 2. The highest BCUT2D eigenvalue weighted by atomic mass is 32.1. The molecule has 0 bridgehead atoms. The van der Waals surface area contributed by atoms with E-state index in [1.165, 1.54) is 0 Å². The summed E-state index contributed by atoms with van der Waals surface area (Å²) in [5.41, 5.74) is 1.15. The summed E-state index contributed by atoms with van der Waals surface area (Å²) in [6.45, 7) is 16.7. The van der Waals surface area contributed by atoms with Gasteiger partial charge in [0.2, 0.25) is 5.89 Å². The van der Waals surface area contributed by atoms with Gasteiger partial charge in [-0.3, -0.25) is 0 Å². The van der Waals surface area contributed by atoms with Crippen LogP contribution < -0.4 is 10.6 Å². The van der Waals surface area contributed by atoms with E-state index in [2.05, 4.69) is 67.5 Å². The highest BCUT2D eigenvalue weighted by Crippen LogP contribution is 2.24. The number of guanidine groups is 1. The number of thiazole rings is 1. The maximum atomic E-state index is 5.80. The average Bonchev–Trinajstić information content (AvgIpc) is 3.18. The van der Waals surface area contributed by atoms with Crippen LogP contribution in [0.2, 0.25) is 0 Å². The summed E-state index contributed by atoms with van der Waals surface area (Å²) in [6, 6.07) is 0. The van der Waals surface area contributed by atoms with Crippen LogP contribution in [-0.4, -0.2) is 22.5 Å². The van der Waals surface area contributed by atoms with E-state index in [0.29, 0.717) is 19.0 Å². The van der Waals surface area contributed by atoms with Crippen molar-refractivity contribution in [2.24, 2.45) is 4.99 Å². The van der Waals surface area contributed by atoms with Crippen molar-refractivity contribution in [3.05, 3.63) is 33.9 Å². The molecule has 2 heterocycles. The Labute approximate surface area is 160 Å². The molecule has 0 radical (unpaired) electrons. The lowest BCUT2D eigenvalue weighted by Crippen LogP contribution is -2.36. The Morgan fingerprint density at radius 1 is 1.15 bits per heavy atom. The molecule has 0 aliphatic rings. The number of oxazole rings is 1. The van der Waals surface area contributed by atoms with E-state index in [1.54, 1.807) is 17.5 Å². The van der Waals surface area contributed by atoms with Gasteiger partial charge < -0.3 is 15.1 Å². The van der Waals surface area contributed by atoms with Crippen LogP contribution in [0, 0.1) is 0 Å². The first-order valence-corrected chi connectivity index (χ1v) is 9.90. The predicted molar refractivity (Wildman–Crippen MR) is 108 cm³/mol. The first-order valence-electron chi connectivity index (χ1n) is 9.02. The Morgan fingerprint density at radius 3 is 2.42 bits per heavy atom. The summed E-state index contributed by atoms with van der Waals surface area (Å²) in [7, 11) is 0. The standard InChI is InChI=1S/C19H31N5OS/c1-8-20-17(22-10-15-21-9-14(25-15)19(5,6)7)23-11-16-24-13(12-26-16)18(2,3)4/h9,12H,8,10-11H2,1-7H3,(H2,20,22,23). The number of nitrogens with one attached hydrogen (secondary N) is 2. The fourth-order valence-corrected chi connectivity index (χ4v) is 3.07. The van der Waals surface area contributed by atoms with E-state index in [-0.39, 0.29) is 10.8 Å². The number of rotatable bonds is 5. The molecule has 144 valence electrons. The van der Waals surface area contributed by atoms with Gasteiger partial charge in [-0.05, 0) is 6.92 Å². The van der Waals surface area contributed by atoms with Gasteiger partial charge in [0.25, 0.3) is 0 Å². The van der Waals surface area contributed by atoms with Gasteiger partial charge in [-0.2, -0.15) is 0 Å². The van der Waals surface area contributed by atoms with E-state index in [4.69, 9.17) is 9.40 Å². The summed E-state index contributed by atoms with van der Waals surface area (Å²) < 4.78 is 5.80. The third kappa shape index (κ3) is 5.83. The fourth-order valence-electron chi connectivity index (χ4n) is 2.11. The van der Waals surface area contributed by atoms with Crippen molar-refractivity contribution >= 4 is 17.3 Å². The molecule has 0 atom stereocenters. The smallest absolute Gasteiger partial charge is 0.216 e. The molecule has 2 N–H and O–H groups in total. The highest BCUT2D eigenvalue weighted by Gasteiger charge is 2.19. The lowest BCUT2D eigenvalue weighted by atomic mass is 9.93. The number of aliphatic imine (C=N–C) groups is 1. The van der Waals surface area contributed by atoms with Gasteiger partial charge in [0, 0.05) is 22.8 Å². The minimum Gasteiger partial charge on any atom is -0.443 e. The summed E-state index contributed by atoms with van der Waals surface area (Å²) in [5.74, 6) is 2.23. The van der Waals surface area contributed by atoms with Crippen molar-refractivity contribution in [2.75, 3.05) is 6.54 Å². The monoisotopic (exact) mass is 377 g/mol. The van der Waals surface area contributed by atoms with Crippen molar-refractivity contribution in [3.63, 3.8) is 0 Å². The zero-order valence-corrected chi connectivity index (χ0v) is 17.8. The Morgan fingerprint density at radius 2 is 1.88 bits per heavy atom. The van der Waals surface area contributed by atoms with Crippen molar-refractivity contribution in [1.29, 1.82) is 0 Å². The summed E-state index contributed by atoms with van der Waals surface area (Å²) in [5, 5.41) is 9.74. The number of hydrogen-bond acceptors (Lipinski definition) is 5. The van der Waals surface area contributed by atoms with Crippen molar-refractivity contribution in [2.45, 2.75) is 72.4 Å². The van der Waals surface area contributed by atoms with Crippen LogP contribution in [-0.2, 0) is 23.9 Å². The highest BCUT2D eigenvalue weighted by molar-refractivity contribution is 7.09. The molecule has 26 heavy (non-hydrogen) atoms. The SMILES string of the molecule is CCNC(=NCc1ncc(C(C)(C)C)o1)NCc1nc(C(C)(C)C)cs1. The lowest BCUT2D eigenvalue weighted by molar-refractivity contribution is 0.383. The zero-order valence-electron chi connectivity index (χ0n) is 16.9. The maximum Gasteiger partial charge on any atom is 0.216 e. The van der Waals surface area contributed by atoms with Crippen LogP contribution >= 0.6 is 11.3 Å². The average molecular weight is 378 g/mol. The Balaban J connectivity index is 1.98. The van der Waals surface area contributed by atoms with Crippen LogP contribution in [0.25, 0.3) is 0 Å². The molecule has 6 nitrogen and oxygen atoms in total. The summed E-state index contributed by atoms with van der Waals surface area (Å²) >= 11 is 1.67. The minimum atomic E-state index is -0.0483. The maximum absolute atomic E-state index is 5.80. The summed E-state index contributed by atoms with van der Waals surface area (Å²) in [6.07, 6.45) is 1.79. The second-order valence-electron chi connectivity index (χ2n) is 8.29. The van der Waals surface area contributed by atoms with Crippen LogP contribution in [0.5, 0.6) is 0 Å². The molecular formula is C19H31N5OS. The summed E-state index contributed by atoms with van der Waals surface area (Å²) in [4.78, 5) is 13.6. The van der Waals surface area contributed by atoms with E-state index in [0.717, 1.165) is 29.0 Å². The van der Waals surface area contributed by atoms with Gasteiger partial charge in [0.05, 0.1) is 18.4 Å². The second-order valence-corrected chi connectivity index (χ2v) is 9.24. The van der Waals surface area contributed by atoms with E-state index in [1.807, 2.05) is 6.92 Å². The van der Waals surface area contributed by atoms with E-state index in [9.17, 15) is 0 Å². The van der Waals surface area contributed by atoms with Crippen molar-refractivity contribution < 1.29 is 4.42 Å². The molecule has 2 aromatic rings. The molecule has 0 saturated heterocycles. The molecule has 0 fully saturated rings. The topological polar surface area (TPSA) is 75.3 Å². The van der Waals surface area contributed by atoms with Crippen LogP contribution in [0.3, 0.4) is 0 Å². The molecule has 2 rings (SSSR count). The van der Waals surface area contributed by atoms with Gasteiger partial charge >= 0.3 is 0 Å². The third-order valence-electron chi connectivity index (χ3n) is 3.74. The normalized spacial score (nSPS) is 13.1. The first-order chi connectivity index (χ1) is 12.1. The molecule has 0 aliphatic heterocycles. The van der Waals surface area contributed by atoms with Crippen LogP contribution in [0.15, 0.2) is 21.0 Å². The Bertz CT molecular complexity index is 734. The van der Waals surface area contributed by atoms with Crippen molar-refractivity contribution in [3.8, 4) is 0 Å². The third-order valence-corrected chi connectivity index (χ3v) is 4.59. The minimum absolute atomic E-state index is 0.0483. The molecule has 7 heteroatoms. The largest absolute Gasteiger partial charge is 0.443 e. The van der Waals surface area contributed by atoms with Gasteiger partial charge in [0.15, 0.2) is 5.96 Å². The Kier molecular flexibility index (Phi) is 6.44. The van der Waals surface area contributed by atoms with Crippen LogP contribution in [0.1, 0.15) is 70.8 Å². The van der Waals surface area contributed by atoms with E-state index < -0.39 is 0 Å². The van der Waals surface area contributed by atoms with Gasteiger partial charge in [-0.1, -0.05) is 41.5 Å². The second kappa shape index (κ2) is 8.20. The van der Waals surface area contributed by atoms with Crippen LogP contribution in [0.4, 0.5) is 0 Å². The Hall–Kier alpha value is -1.89. The van der Waals surface area contributed by atoms with Gasteiger partial charge in [-0.15, -0.1) is 11.3 Å². The number of nitrogens with zero attached hydrogens (tertiary/aromatic N) is 3. The van der Waals surface area contributed by atoms with Gasteiger partial charge in [-0.25, -0.2) is 15.0 Å². The molecule has 0 amide bonds. The molecule has 0 aromatic carbocycles. The molecule has 0 unspecified atom stereocenters. The lowest BCUT2D eigenvalue weighted by Gasteiger charge is -2.14. The van der Waals surface area contributed by atoms with Gasteiger partial charge in [0.1, 0.15) is 17.3 Å².